The van der Waals surface area contributed by atoms with E-state index in [1.165, 1.54) is 0 Å². The molecule has 0 spiro atoms. The Hall–Kier alpha value is -1.86. The zero-order valence-corrected chi connectivity index (χ0v) is 11.8. The quantitative estimate of drug-likeness (QED) is 0.593. The lowest BCUT2D eigenvalue weighted by molar-refractivity contribution is -0.384. The number of nitrogens with zero attached hydrogens (tertiary/aromatic N) is 1. The number of hydrogen-bond donors (Lipinski definition) is 2. The minimum atomic E-state index is -1.29. The topological polar surface area (TPSA) is 102 Å². The molecule has 0 heterocycles. The van der Waals surface area contributed by atoms with E-state index in [1.54, 1.807) is 6.92 Å². The number of anilines is 1. The Morgan fingerprint density at radius 2 is 2.25 bits per heavy atom. The van der Waals surface area contributed by atoms with E-state index in [1.807, 2.05) is 6.92 Å². The molecule has 0 aliphatic carbocycles. The summed E-state index contributed by atoms with van der Waals surface area (Å²) in [6.07, 6.45) is 0. The summed E-state index contributed by atoms with van der Waals surface area (Å²) >= 11 is 5.93. The Kier molecular flexibility index (Phi) is 5.72. The molecule has 8 heteroatoms. The van der Waals surface area contributed by atoms with Crippen LogP contribution in [0.25, 0.3) is 0 Å². The van der Waals surface area contributed by atoms with E-state index in [2.05, 4.69) is 5.32 Å². The van der Waals surface area contributed by atoms with Crippen molar-refractivity contribution in [3.05, 3.63) is 32.8 Å². The van der Waals surface area contributed by atoms with Crippen LogP contribution in [0.3, 0.4) is 0 Å². The van der Waals surface area contributed by atoms with Gasteiger partial charge in [0, 0.05) is 24.8 Å². The van der Waals surface area contributed by atoms with Gasteiger partial charge >= 0.3 is 5.97 Å². The normalized spacial score (nSPS) is 11.9. The zero-order chi connectivity index (χ0) is 15.3. The van der Waals surface area contributed by atoms with Gasteiger partial charge in [-0.2, -0.15) is 0 Å². The predicted molar refractivity (Wildman–Crippen MR) is 74.6 cm³/mol. The number of nitro benzene ring substituents is 1. The summed E-state index contributed by atoms with van der Waals surface area (Å²) in [5.74, 6) is -1.29. The van der Waals surface area contributed by atoms with Gasteiger partial charge in [-0.1, -0.05) is 11.6 Å². The van der Waals surface area contributed by atoms with Gasteiger partial charge in [-0.15, -0.1) is 0 Å². The van der Waals surface area contributed by atoms with Gasteiger partial charge in [0.2, 0.25) is 0 Å². The van der Waals surface area contributed by atoms with Gasteiger partial charge in [0.15, 0.2) is 0 Å². The van der Waals surface area contributed by atoms with E-state index in [9.17, 15) is 14.9 Å². The number of rotatable bonds is 7. The Morgan fingerprint density at radius 3 is 2.75 bits per heavy atom. The molecule has 0 aromatic heterocycles. The number of ether oxygens (including phenoxy) is 1. The molecule has 7 nitrogen and oxygen atoms in total. The first-order chi connectivity index (χ1) is 9.36. The van der Waals surface area contributed by atoms with Crippen LogP contribution in [-0.4, -0.2) is 35.3 Å². The summed E-state index contributed by atoms with van der Waals surface area (Å²) in [6.45, 7) is 4.53. The van der Waals surface area contributed by atoms with Gasteiger partial charge in [-0.25, -0.2) is 4.79 Å². The van der Waals surface area contributed by atoms with Crippen molar-refractivity contribution >= 4 is 28.9 Å². The van der Waals surface area contributed by atoms with Gasteiger partial charge in [0.05, 0.1) is 27.8 Å². The third-order valence-corrected chi connectivity index (χ3v) is 2.78. The van der Waals surface area contributed by atoms with Crippen LogP contribution < -0.4 is 5.32 Å². The minimum Gasteiger partial charge on any atom is -0.478 e. The highest BCUT2D eigenvalue weighted by Gasteiger charge is 2.21. The van der Waals surface area contributed by atoms with Crippen molar-refractivity contribution in [1.29, 1.82) is 0 Å². The summed E-state index contributed by atoms with van der Waals surface area (Å²) in [6, 6.07) is 1.90. The van der Waals surface area contributed by atoms with Gasteiger partial charge in [-0.3, -0.25) is 10.1 Å². The highest BCUT2D eigenvalue weighted by atomic mass is 35.5. The second-order valence-electron chi connectivity index (χ2n) is 4.12. The Balaban J connectivity index is 3.11. The number of hydrogen-bond acceptors (Lipinski definition) is 5. The Bertz CT molecular complexity index is 521. The average molecular weight is 303 g/mol. The molecule has 1 aromatic rings. The molecule has 0 saturated heterocycles. The number of halogens is 1. The number of carboxylic acid groups (broad SMARTS) is 1. The lowest BCUT2D eigenvalue weighted by Gasteiger charge is -2.17. The SMILES string of the molecule is CCOCC(C)Nc1c(Cl)cc([N+](=O)[O-])cc1C(=O)O. The standard InChI is InChI=1S/C12H15ClN2O5/c1-3-20-6-7(2)14-11-9(12(16)17)4-8(15(18)19)5-10(11)13/h4-5,7,14H,3,6H2,1-2H3,(H,16,17). The van der Waals surface area contributed by atoms with E-state index in [-0.39, 0.29) is 28.0 Å². The Labute approximate surface area is 120 Å². The third-order valence-electron chi connectivity index (χ3n) is 2.48. The lowest BCUT2D eigenvalue weighted by atomic mass is 10.1. The van der Waals surface area contributed by atoms with E-state index in [0.29, 0.717) is 13.2 Å². The lowest BCUT2D eigenvalue weighted by Crippen LogP contribution is -2.23. The fourth-order valence-electron chi connectivity index (χ4n) is 1.60. The number of benzene rings is 1. The number of nitrogens with one attached hydrogen (secondary N) is 1. The van der Waals surface area contributed by atoms with Crippen molar-refractivity contribution in [2.75, 3.05) is 18.5 Å². The molecule has 0 amide bonds. The maximum Gasteiger partial charge on any atom is 0.338 e. The molecule has 0 radical (unpaired) electrons. The number of aromatic carboxylic acids is 1. The molecular formula is C12H15ClN2O5. The van der Waals surface area contributed by atoms with Crippen LogP contribution in [0.15, 0.2) is 12.1 Å². The second kappa shape index (κ2) is 7.06. The molecule has 110 valence electrons. The summed E-state index contributed by atoms with van der Waals surface area (Å²) in [5.41, 5.74) is -0.458. The summed E-state index contributed by atoms with van der Waals surface area (Å²) in [4.78, 5) is 21.2. The van der Waals surface area contributed by atoms with Crippen LogP contribution in [-0.2, 0) is 4.74 Å². The van der Waals surface area contributed by atoms with Crippen LogP contribution in [0.5, 0.6) is 0 Å². The van der Waals surface area contributed by atoms with Crippen LogP contribution in [0, 0.1) is 10.1 Å². The van der Waals surface area contributed by atoms with Crippen LogP contribution in [0.4, 0.5) is 11.4 Å². The van der Waals surface area contributed by atoms with E-state index in [0.717, 1.165) is 12.1 Å². The van der Waals surface area contributed by atoms with Gasteiger partial charge in [-0.05, 0) is 13.8 Å². The molecule has 0 aliphatic heterocycles. The maximum absolute atomic E-state index is 11.2. The largest absolute Gasteiger partial charge is 0.478 e. The predicted octanol–water partition coefficient (Wildman–Crippen LogP) is 2.78. The summed E-state index contributed by atoms with van der Waals surface area (Å²) in [5, 5.41) is 22.7. The van der Waals surface area contributed by atoms with Crippen LogP contribution in [0.2, 0.25) is 5.02 Å². The molecule has 1 unspecified atom stereocenters. The van der Waals surface area contributed by atoms with Gasteiger partial charge in [0.25, 0.3) is 5.69 Å². The van der Waals surface area contributed by atoms with Crippen molar-refractivity contribution in [2.24, 2.45) is 0 Å². The third kappa shape index (κ3) is 4.07. The van der Waals surface area contributed by atoms with Crippen molar-refractivity contribution in [3.63, 3.8) is 0 Å². The first-order valence-electron chi connectivity index (χ1n) is 5.92. The molecule has 20 heavy (non-hydrogen) atoms. The Morgan fingerprint density at radius 1 is 1.60 bits per heavy atom. The molecule has 1 atom stereocenters. The number of nitro groups is 1. The zero-order valence-electron chi connectivity index (χ0n) is 11.1. The van der Waals surface area contributed by atoms with E-state index >= 15 is 0 Å². The van der Waals surface area contributed by atoms with Gasteiger partial charge in [0.1, 0.15) is 0 Å². The highest BCUT2D eigenvalue weighted by Crippen LogP contribution is 2.31. The maximum atomic E-state index is 11.2. The molecular weight excluding hydrogens is 288 g/mol. The smallest absolute Gasteiger partial charge is 0.338 e. The van der Waals surface area contributed by atoms with Crippen LogP contribution in [0.1, 0.15) is 24.2 Å². The number of non-ortho nitro benzene ring substituents is 1. The molecule has 0 aliphatic rings. The summed E-state index contributed by atoms with van der Waals surface area (Å²) < 4.78 is 5.21. The number of carboxylic acids is 1. The van der Waals surface area contributed by atoms with Gasteiger partial charge < -0.3 is 15.2 Å². The first-order valence-corrected chi connectivity index (χ1v) is 6.30. The highest BCUT2D eigenvalue weighted by molar-refractivity contribution is 6.34. The molecule has 2 N–H and O–H groups in total. The minimum absolute atomic E-state index is 0.0139. The fourth-order valence-corrected chi connectivity index (χ4v) is 1.86. The molecule has 0 fully saturated rings. The molecule has 0 saturated carbocycles. The van der Waals surface area contributed by atoms with Crippen molar-refractivity contribution in [3.8, 4) is 0 Å². The van der Waals surface area contributed by atoms with Crippen molar-refractivity contribution in [2.45, 2.75) is 19.9 Å². The summed E-state index contributed by atoms with van der Waals surface area (Å²) in [7, 11) is 0. The van der Waals surface area contributed by atoms with Crippen molar-refractivity contribution in [1.82, 2.24) is 0 Å². The first kappa shape index (κ1) is 16.2. The average Bonchev–Trinajstić information content (AvgIpc) is 2.37. The van der Waals surface area contributed by atoms with E-state index < -0.39 is 10.9 Å². The second-order valence-corrected chi connectivity index (χ2v) is 4.52. The number of carbonyl (C=O) groups is 1. The van der Waals surface area contributed by atoms with Crippen LogP contribution >= 0.6 is 11.6 Å². The molecule has 0 bridgehead atoms. The molecule has 1 rings (SSSR count). The monoisotopic (exact) mass is 302 g/mol. The van der Waals surface area contributed by atoms with E-state index in [4.69, 9.17) is 21.4 Å². The van der Waals surface area contributed by atoms with Crippen molar-refractivity contribution < 1.29 is 19.6 Å². The molecule has 1 aromatic carbocycles. The fraction of sp³-hybridized carbons (Fsp3) is 0.417.